The number of hydrogen-bond donors (Lipinski definition) is 2. The number of rotatable bonds is 4. The fourth-order valence-electron chi connectivity index (χ4n) is 2.61. The summed E-state index contributed by atoms with van der Waals surface area (Å²) in [5, 5.41) is 11.9. The highest BCUT2D eigenvalue weighted by Gasteiger charge is 2.30. The van der Waals surface area contributed by atoms with E-state index in [0.29, 0.717) is 0 Å². The van der Waals surface area contributed by atoms with Gasteiger partial charge in [-0.25, -0.2) is 0 Å². The average molecular weight is 233 g/mol. The lowest BCUT2D eigenvalue weighted by atomic mass is 9.81. The first-order valence-electron chi connectivity index (χ1n) is 6.24. The molecule has 1 aromatic heterocycles. The normalized spacial score (nSPS) is 23.1. The highest BCUT2D eigenvalue weighted by molar-refractivity contribution is 5.87. The molecule has 2 atom stereocenters. The lowest BCUT2D eigenvalue weighted by Crippen LogP contribution is -2.38. The Morgan fingerprint density at radius 1 is 1.53 bits per heavy atom. The molecule has 0 saturated carbocycles. The van der Waals surface area contributed by atoms with Crippen LogP contribution >= 0.6 is 0 Å². The van der Waals surface area contributed by atoms with Crippen LogP contribution in [0.4, 0.5) is 0 Å². The summed E-state index contributed by atoms with van der Waals surface area (Å²) >= 11 is 0. The minimum absolute atomic E-state index is 0.0479. The van der Waals surface area contributed by atoms with Gasteiger partial charge in [0.25, 0.3) is 0 Å². The molecule has 0 aliphatic heterocycles. The second-order valence-corrected chi connectivity index (χ2v) is 4.75. The standard InChI is InChI=1S/C14H19NO2/c1-3-4-5-10-8-12-11(6-7-15-12)14(17)13(10)9(2)16/h6-8,10,13,15,17H,3-5H2,1-2H3. The highest BCUT2D eigenvalue weighted by atomic mass is 16.3. The van der Waals surface area contributed by atoms with Crippen molar-refractivity contribution in [3.05, 3.63) is 22.8 Å². The maximum absolute atomic E-state index is 11.7. The minimum atomic E-state index is -0.357. The average Bonchev–Trinajstić information content (AvgIpc) is 2.74. The Morgan fingerprint density at radius 3 is 2.94 bits per heavy atom. The summed E-state index contributed by atoms with van der Waals surface area (Å²) in [6.07, 6.45) is 7.03. The van der Waals surface area contributed by atoms with Crippen molar-refractivity contribution < 1.29 is 9.90 Å². The van der Waals surface area contributed by atoms with Gasteiger partial charge in [-0.3, -0.25) is 4.79 Å². The summed E-state index contributed by atoms with van der Waals surface area (Å²) in [7, 11) is 0. The maximum Gasteiger partial charge on any atom is 0.141 e. The minimum Gasteiger partial charge on any atom is -0.511 e. The summed E-state index contributed by atoms with van der Waals surface area (Å²) in [6, 6.07) is 1.83. The number of carbonyl (C=O) groups is 1. The molecule has 0 fully saturated rings. The van der Waals surface area contributed by atoms with Gasteiger partial charge in [-0.15, -0.1) is 0 Å². The first-order chi connectivity index (χ1) is 8.15. The van der Waals surface area contributed by atoms with Crippen LogP contribution in [0.1, 0.15) is 33.1 Å². The van der Waals surface area contributed by atoms with E-state index in [-0.39, 0.29) is 23.4 Å². The van der Waals surface area contributed by atoms with Gasteiger partial charge < -0.3 is 10.1 Å². The summed E-state index contributed by atoms with van der Waals surface area (Å²) < 4.78 is 0. The van der Waals surface area contributed by atoms with Crippen molar-refractivity contribution in [2.75, 3.05) is 0 Å². The molecule has 0 amide bonds. The molecule has 0 saturated heterocycles. The van der Waals surface area contributed by atoms with E-state index < -0.39 is 0 Å². The fraction of sp³-hybridized carbons (Fsp3) is 0.500. The Balaban J connectivity index is 2.45. The van der Waals surface area contributed by atoms with Gasteiger partial charge in [-0.05, 0) is 25.3 Å². The van der Waals surface area contributed by atoms with E-state index in [9.17, 15) is 9.90 Å². The zero-order valence-corrected chi connectivity index (χ0v) is 10.4. The van der Waals surface area contributed by atoms with Crippen LogP contribution in [0.3, 0.4) is 0 Å². The van der Waals surface area contributed by atoms with Gasteiger partial charge in [0.05, 0.1) is 5.92 Å². The molecule has 17 heavy (non-hydrogen) atoms. The molecule has 1 aliphatic carbocycles. The molecule has 2 N–H and O–H groups in total. The number of nitrogens with one attached hydrogen (secondary N) is 1. The summed E-state index contributed by atoms with van der Waals surface area (Å²) in [4.78, 5) is 14.8. The van der Waals surface area contributed by atoms with Crippen molar-refractivity contribution in [3.63, 3.8) is 0 Å². The van der Waals surface area contributed by atoms with E-state index in [1.165, 1.54) is 0 Å². The number of unbranched alkanes of at least 4 members (excludes halogenated alkanes) is 1. The van der Waals surface area contributed by atoms with Crippen molar-refractivity contribution in [1.29, 1.82) is 0 Å². The molecule has 1 aromatic rings. The third-order valence-electron chi connectivity index (χ3n) is 3.49. The van der Waals surface area contributed by atoms with Crippen molar-refractivity contribution in [1.82, 2.24) is 4.98 Å². The number of fused-ring (bicyclic) bond motifs is 1. The van der Waals surface area contributed by atoms with Crippen molar-refractivity contribution in [3.8, 4) is 0 Å². The Bertz CT molecular complexity index is 527. The topological polar surface area (TPSA) is 53.1 Å². The molecule has 1 aliphatic rings. The number of ketones is 1. The van der Waals surface area contributed by atoms with E-state index >= 15 is 0 Å². The molecule has 2 rings (SSSR count). The molecule has 3 heteroatoms. The molecule has 0 bridgehead atoms. The molecule has 2 unspecified atom stereocenters. The van der Waals surface area contributed by atoms with E-state index in [1.54, 1.807) is 13.1 Å². The second kappa shape index (κ2) is 4.78. The van der Waals surface area contributed by atoms with E-state index in [4.69, 9.17) is 0 Å². The van der Waals surface area contributed by atoms with Gasteiger partial charge in [-0.1, -0.05) is 25.8 Å². The molecule has 3 nitrogen and oxygen atoms in total. The van der Waals surface area contributed by atoms with Crippen molar-refractivity contribution in [2.45, 2.75) is 33.1 Å². The Labute approximate surface area is 101 Å². The predicted octanol–water partition coefficient (Wildman–Crippen LogP) is 1.49. The van der Waals surface area contributed by atoms with Gasteiger partial charge in [0.15, 0.2) is 0 Å². The smallest absolute Gasteiger partial charge is 0.141 e. The van der Waals surface area contributed by atoms with Gasteiger partial charge in [-0.2, -0.15) is 0 Å². The molecular weight excluding hydrogens is 214 g/mol. The van der Waals surface area contributed by atoms with Crippen LogP contribution in [0.15, 0.2) is 12.3 Å². The van der Waals surface area contributed by atoms with Crippen LogP contribution in [0, 0.1) is 11.8 Å². The predicted molar refractivity (Wildman–Crippen MR) is 67.7 cm³/mol. The fourth-order valence-corrected chi connectivity index (χ4v) is 2.61. The van der Waals surface area contributed by atoms with Gasteiger partial charge >= 0.3 is 0 Å². The molecular formula is C14H19NO2. The van der Waals surface area contributed by atoms with Crippen LogP contribution in [0.5, 0.6) is 0 Å². The van der Waals surface area contributed by atoms with Crippen LogP contribution < -0.4 is 10.6 Å². The molecule has 92 valence electrons. The summed E-state index contributed by atoms with van der Waals surface area (Å²) in [5.74, 6) is 0.0486. The quantitative estimate of drug-likeness (QED) is 0.827. The molecule has 0 aromatic carbocycles. The Kier molecular flexibility index (Phi) is 3.36. The molecule has 1 heterocycles. The first-order valence-corrected chi connectivity index (χ1v) is 6.24. The van der Waals surface area contributed by atoms with E-state index in [1.807, 2.05) is 6.07 Å². The van der Waals surface area contributed by atoms with Crippen LogP contribution in [-0.2, 0) is 4.79 Å². The van der Waals surface area contributed by atoms with Crippen molar-refractivity contribution >= 4 is 17.6 Å². The van der Waals surface area contributed by atoms with Crippen LogP contribution in [-0.4, -0.2) is 15.9 Å². The molecule has 0 spiro atoms. The zero-order valence-electron chi connectivity index (χ0n) is 10.4. The van der Waals surface area contributed by atoms with Gasteiger partial charge in [0, 0.05) is 16.8 Å². The maximum atomic E-state index is 11.7. The number of Topliss-reactive ketones (excluding diaryl/α,β-unsaturated/α-hetero) is 1. The van der Waals surface area contributed by atoms with Crippen LogP contribution in [0.25, 0.3) is 11.8 Å². The number of aliphatic hydroxyl groups excluding tert-OH is 1. The van der Waals surface area contributed by atoms with Crippen LogP contribution in [0.2, 0.25) is 0 Å². The molecule has 0 radical (unpaired) electrons. The van der Waals surface area contributed by atoms with E-state index in [0.717, 1.165) is 29.8 Å². The lowest BCUT2D eigenvalue weighted by molar-refractivity contribution is -0.120. The zero-order chi connectivity index (χ0) is 12.4. The monoisotopic (exact) mass is 233 g/mol. The second-order valence-electron chi connectivity index (χ2n) is 4.75. The van der Waals surface area contributed by atoms with E-state index in [2.05, 4.69) is 18.0 Å². The van der Waals surface area contributed by atoms with Crippen molar-refractivity contribution in [2.24, 2.45) is 11.8 Å². The third kappa shape index (κ3) is 2.14. The number of H-pyrrole nitrogens is 1. The third-order valence-corrected chi connectivity index (χ3v) is 3.49. The van der Waals surface area contributed by atoms with Gasteiger partial charge in [0.2, 0.25) is 0 Å². The summed E-state index contributed by atoms with van der Waals surface area (Å²) in [5.41, 5.74) is 0. The SMILES string of the molecule is CCCCC1C=c2[nH]ccc2=C(O)C1C(C)=O. The number of aromatic nitrogens is 1. The first kappa shape index (κ1) is 12.0. The Hall–Kier alpha value is -1.51. The Morgan fingerprint density at radius 2 is 2.29 bits per heavy atom. The van der Waals surface area contributed by atoms with Gasteiger partial charge in [0.1, 0.15) is 11.5 Å². The largest absolute Gasteiger partial charge is 0.511 e. The summed E-state index contributed by atoms with van der Waals surface area (Å²) in [6.45, 7) is 3.70. The number of carbonyl (C=O) groups excluding carboxylic acids is 1. The lowest BCUT2D eigenvalue weighted by Gasteiger charge is -2.24. The number of hydrogen-bond acceptors (Lipinski definition) is 2. The number of aromatic amines is 1. The highest BCUT2D eigenvalue weighted by Crippen LogP contribution is 2.28. The number of aliphatic hydroxyl groups is 1.